The van der Waals surface area contributed by atoms with Gasteiger partial charge in [-0.3, -0.25) is 0 Å². The Kier molecular flexibility index (Phi) is 2.54. The van der Waals surface area contributed by atoms with Crippen molar-refractivity contribution in [3.8, 4) is 0 Å². The van der Waals surface area contributed by atoms with Gasteiger partial charge < -0.3 is 14.4 Å². The van der Waals surface area contributed by atoms with Gasteiger partial charge in [0, 0.05) is 19.7 Å². The molecule has 1 rings (SSSR count). The Morgan fingerprint density at radius 3 is 2.73 bits per heavy atom. The molecule has 0 aromatic carbocycles. The van der Waals surface area contributed by atoms with Gasteiger partial charge >= 0.3 is 0 Å². The lowest BCUT2D eigenvalue weighted by Gasteiger charge is -2.13. The maximum atomic E-state index is 8.62. The number of likely N-dealkylation sites (N-methyl/N-ethyl adjacent to an activating group) is 1. The molecule has 1 N–H and O–H groups in total. The van der Waals surface area contributed by atoms with Gasteiger partial charge in [-0.1, -0.05) is 0 Å². The van der Waals surface area contributed by atoms with Gasteiger partial charge in [0.15, 0.2) is 5.88 Å². The number of nitrogens with zero attached hydrogens (tertiary/aromatic N) is 1. The van der Waals surface area contributed by atoms with E-state index in [9.17, 15) is 0 Å². The van der Waals surface area contributed by atoms with Crippen LogP contribution in [0.2, 0.25) is 0 Å². The monoisotopic (exact) mass is 155 g/mol. The summed E-state index contributed by atoms with van der Waals surface area (Å²) in [6.45, 7) is 2.65. The highest BCUT2D eigenvalue weighted by atomic mass is 16.4. The minimum atomic E-state index is 0.149. The molecule has 0 aliphatic carbocycles. The van der Waals surface area contributed by atoms with Crippen molar-refractivity contribution in [2.45, 2.75) is 6.92 Å². The zero-order valence-electron chi connectivity index (χ0n) is 6.87. The molecule has 62 valence electrons. The van der Waals surface area contributed by atoms with Gasteiger partial charge in [-0.2, -0.15) is 0 Å². The molecule has 0 aliphatic rings. The number of hydrogen-bond donors (Lipinski definition) is 1. The lowest BCUT2D eigenvalue weighted by atomic mass is 10.5. The number of furan rings is 1. The minimum absolute atomic E-state index is 0.149. The largest absolute Gasteiger partial charge is 0.446 e. The first-order chi connectivity index (χ1) is 5.24. The Bertz CT molecular complexity index is 220. The molecule has 0 bridgehead atoms. The number of hydrogen-bond acceptors (Lipinski definition) is 3. The smallest absolute Gasteiger partial charge is 0.195 e. The van der Waals surface area contributed by atoms with Crippen molar-refractivity contribution in [3.63, 3.8) is 0 Å². The molecular formula is C8H13NO2. The van der Waals surface area contributed by atoms with Crippen LogP contribution >= 0.6 is 0 Å². The number of aryl methyl sites for hydroxylation is 1. The van der Waals surface area contributed by atoms with Crippen molar-refractivity contribution >= 4 is 5.88 Å². The highest BCUT2D eigenvalue weighted by Crippen LogP contribution is 2.15. The van der Waals surface area contributed by atoms with E-state index in [1.54, 1.807) is 0 Å². The lowest BCUT2D eigenvalue weighted by Crippen LogP contribution is -2.20. The van der Waals surface area contributed by atoms with Crippen molar-refractivity contribution in [2.75, 3.05) is 25.1 Å². The van der Waals surface area contributed by atoms with E-state index in [1.807, 2.05) is 31.0 Å². The molecule has 0 atom stereocenters. The third kappa shape index (κ3) is 1.98. The first-order valence-corrected chi connectivity index (χ1v) is 3.62. The second-order valence-electron chi connectivity index (χ2n) is 2.53. The lowest BCUT2D eigenvalue weighted by molar-refractivity contribution is 0.301. The van der Waals surface area contributed by atoms with Crippen molar-refractivity contribution < 1.29 is 9.52 Å². The Hall–Kier alpha value is -0.960. The van der Waals surface area contributed by atoms with Crippen molar-refractivity contribution in [1.82, 2.24) is 0 Å². The molecule has 1 aromatic heterocycles. The first kappa shape index (κ1) is 8.14. The second-order valence-corrected chi connectivity index (χ2v) is 2.53. The van der Waals surface area contributed by atoms with E-state index in [2.05, 4.69) is 0 Å². The average molecular weight is 155 g/mol. The maximum Gasteiger partial charge on any atom is 0.195 e. The van der Waals surface area contributed by atoms with Crippen LogP contribution in [-0.2, 0) is 0 Å². The normalized spacial score (nSPS) is 10.1. The van der Waals surface area contributed by atoms with Crippen molar-refractivity contribution in [1.29, 1.82) is 0 Å². The van der Waals surface area contributed by atoms with Crippen molar-refractivity contribution in [3.05, 3.63) is 17.9 Å². The molecule has 0 saturated carbocycles. The number of aliphatic hydroxyl groups is 1. The van der Waals surface area contributed by atoms with Crippen LogP contribution in [0.25, 0.3) is 0 Å². The summed E-state index contributed by atoms with van der Waals surface area (Å²) in [5.74, 6) is 1.70. The Labute approximate surface area is 66.2 Å². The van der Waals surface area contributed by atoms with Crippen LogP contribution in [0.3, 0.4) is 0 Å². The van der Waals surface area contributed by atoms with E-state index in [1.165, 1.54) is 0 Å². The topological polar surface area (TPSA) is 36.6 Å². The fourth-order valence-electron chi connectivity index (χ4n) is 0.887. The van der Waals surface area contributed by atoms with Crippen LogP contribution in [0, 0.1) is 6.92 Å². The maximum absolute atomic E-state index is 8.62. The van der Waals surface area contributed by atoms with E-state index >= 15 is 0 Å². The zero-order valence-corrected chi connectivity index (χ0v) is 6.87. The molecule has 11 heavy (non-hydrogen) atoms. The SMILES string of the molecule is Cc1ccc(N(C)CCO)o1. The molecule has 0 amide bonds. The molecule has 1 aromatic rings. The zero-order chi connectivity index (χ0) is 8.27. The standard InChI is InChI=1S/C8H13NO2/c1-7-3-4-8(11-7)9(2)5-6-10/h3-4,10H,5-6H2,1-2H3. The van der Waals surface area contributed by atoms with Crippen LogP contribution in [0.15, 0.2) is 16.5 Å². The quantitative estimate of drug-likeness (QED) is 0.708. The fourth-order valence-corrected chi connectivity index (χ4v) is 0.887. The van der Waals surface area contributed by atoms with Gasteiger partial charge in [-0.05, 0) is 13.0 Å². The molecule has 3 nitrogen and oxygen atoms in total. The van der Waals surface area contributed by atoms with Crippen LogP contribution in [-0.4, -0.2) is 25.3 Å². The van der Waals surface area contributed by atoms with Crippen molar-refractivity contribution in [2.24, 2.45) is 0 Å². The molecule has 0 radical (unpaired) electrons. The molecule has 0 fully saturated rings. The minimum Gasteiger partial charge on any atom is -0.446 e. The molecule has 0 saturated heterocycles. The van der Waals surface area contributed by atoms with Gasteiger partial charge in [-0.15, -0.1) is 0 Å². The predicted molar refractivity (Wildman–Crippen MR) is 43.8 cm³/mol. The van der Waals surface area contributed by atoms with E-state index in [-0.39, 0.29) is 6.61 Å². The molecule has 0 aliphatic heterocycles. The fraction of sp³-hybridized carbons (Fsp3) is 0.500. The summed E-state index contributed by atoms with van der Waals surface area (Å²) in [4.78, 5) is 1.87. The highest BCUT2D eigenvalue weighted by Gasteiger charge is 2.02. The van der Waals surface area contributed by atoms with Crippen LogP contribution in [0.5, 0.6) is 0 Å². The number of anilines is 1. The molecule has 0 unspecified atom stereocenters. The van der Waals surface area contributed by atoms with E-state index in [4.69, 9.17) is 9.52 Å². The first-order valence-electron chi connectivity index (χ1n) is 3.62. The molecule has 1 heterocycles. The predicted octanol–water partition coefficient (Wildman–Crippen LogP) is 1.02. The average Bonchev–Trinajstić information content (AvgIpc) is 2.36. The van der Waals surface area contributed by atoms with Gasteiger partial charge in [0.05, 0.1) is 6.61 Å². The van der Waals surface area contributed by atoms with Gasteiger partial charge in [0.1, 0.15) is 5.76 Å². The summed E-state index contributed by atoms with van der Waals surface area (Å²) < 4.78 is 5.31. The van der Waals surface area contributed by atoms with E-state index in [0.717, 1.165) is 11.6 Å². The van der Waals surface area contributed by atoms with Gasteiger partial charge in [0.2, 0.25) is 0 Å². The van der Waals surface area contributed by atoms with Crippen LogP contribution < -0.4 is 4.90 Å². The molecular weight excluding hydrogens is 142 g/mol. The number of rotatable bonds is 3. The Morgan fingerprint density at radius 1 is 1.55 bits per heavy atom. The van der Waals surface area contributed by atoms with Crippen LogP contribution in [0.1, 0.15) is 5.76 Å². The Balaban J connectivity index is 2.60. The van der Waals surface area contributed by atoms with Crippen LogP contribution in [0.4, 0.5) is 5.88 Å². The highest BCUT2D eigenvalue weighted by molar-refractivity contribution is 5.34. The Morgan fingerprint density at radius 2 is 2.27 bits per heavy atom. The van der Waals surface area contributed by atoms with Gasteiger partial charge in [-0.25, -0.2) is 0 Å². The second kappa shape index (κ2) is 3.44. The summed E-state index contributed by atoms with van der Waals surface area (Å²) >= 11 is 0. The number of aliphatic hydroxyl groups excluding tert-OH is 1. The van der Waals surface area contributed by atoms with E-state index in [0.29, 0.717) is 6.54 Å². The molecule has 0 spiro atoms. The summed E-state index contributed by atoms with van der Waals surface area (Å²) in [5.41, 5.74) is 0. The summed E-state index contributed by atoms with van der Waals surface area (Å²) in [6.07, 6.45) is 0. The third-order valence-electron chi connectivity index (χ3n) is 1.54. The summed E-state index contributed by atoms with van der Waals surface area (Å²) in [6, 6.07) is 3.80. The molecule has 3 heteroatoms. The summed E-state index contributed by atoms with van der Waals surface area (Å²) in [5, 5.41) is 8.62. The summed E-state index contributed by atoms with van der Waals surface area (Å²) in [7, 11) is 1.88. The third-order valence-corrected chi connectivity index (χ3v) is 1.54. The van der Waals surface area contributed by atoms with Gasteiger partial charge in [0.25, 0.3) is 0 Å². The van der Waals surface area contributed by atoms with E-state index < -0.39 is 0 Å².